The van der Waals surface area contributed by atoms with Crippen LogP contribution >= 0.6 is 11.8 Å². The van der Waals surface area contributed by atoms with Gasteiger partial charge in [0, 0.05) is 17.1 Å². The quantitative estimate of drug-likeness (QED) is 0.793. The van der Waals surface area contributed by atoms with E-state index in [9.17, 15) is 0 Å². The number of aryl methyl sites for hydroxylation is 2. The van der Waals surface area contributed by atoms with Crippen LogP contribution in [0.3, 0.4) is 0 Å². The summed E-state index contributed by atoms with van der Waals surface area (Å²) in [4.78, 5) is 1.75. The highest BCUT2D eigenvalue weighted by Gasteiger charge is 2.14. The van der Waals surface area contributed by atoms with Gasteiger partial charge in [-0.2, -0.15) is 11.8 Å². The van der Waals surface area contributed by atoms with E-state index in [0.29, 0.717) is 0 Å². The molecule has 0 aliphatic carbocycles. The van der Waals surface area contributed by atoms with Gasteiger partial charge in [-0.3, -0.25) is 0 Å². The number of benzene rings is 1. The zero-order valence-electron chi connectivity index (χ0n) is 9.68. The van der Waals surface area contributed by atoms with Crippen molar-refractivity contribution in [3.63, 3.8) is 0 Å². The van der Waals surface area contributed by atoms with E-state index in [4.69, 9.17) is 0 Å². The van der Waals surface area contributed by atoms with Gasteiger partial charge in [0.1, 0.15) is 6.54 Å². The van der Waals surface area contributed by atoms with Crippen molar-refractivity contribution in [3.05, 3.63) is 34.9 Å². The lowest BCUT2D eigenvalue weighted by molar-refractivity contribution is -0.910. The van der Waals surface area contributed by atoms with Gasteiger partial charge in [0.25, 0.3) is 0 Å². The van der Waals surface area contributed by atoms with Crippen molar-refractivity contribution in [1.82, 2.24) is 0 Å². The predicted octanol–water partition coefficient (Wildman–Crippen LogP) is 1.44. The Morgan fingerprint density at radius 2 is 1.93 bits per heavy atom. The van der Waals surface area contributed by atoms with E-state index >= 15 is 0 Å². The largest absolute Gasteiger partial charge is 0.330 e. The zero-order valence-corrected chi connectivity index (χ0v) is 10.5. The Hall–Kier alpha value is -0.470. The van der Waals surface area contributed by atoms with Gasteiger partial charge in [0.2, 0.25) is 0 Å². The standard InChI is InChI=1S/C13H19NS/c1-11-3-4-12(2)13(9-11)10-14-5-7-15-8-6-14/h3-4,9H,5-8,10H2,1-2H3/p+1. The molecule has 15 heavy (non-hydrogen) atoms. The summed E-state index contributed by atoms with van der Waals surface area (Å²) in [6.45, 7) is 8.29. The van der Waals surface area contributed by atoms with Gasteiger partial charge >= 0.3 is 0 Å². The minimum atomic E-state index is 1.22. The van der Waals surface area contributed by atoms with Crippen LogP contribution < -0.4 is 4.90 Å². The fraction of sp³-hybridized carbons (Fsp3) is 0.538. The van der Waals surface area contributed by atoms with Crippen LogP contribution in [0.15, 0.2) is 18.2 Å². The van der Waals surface area contributed by atoms with Gasteiger partial charge in [0.05, 0.1) is 13.1 Å². The highest BCUT2D eigenvalue weighted by Crippen LogP contribution is 2.09. The SMILES string of the molecule is Cc1ccc(C)c(C[NH+]2CCSCC2)c1. The number of quaternary nitrogens is 1. The van der Waals surface area contributed by atoms with E-state index in [2.05, 4.69) is 43.8 Å². The molecule has 0 bridgehead atoms. The van der Waals surface area contributed by atoms with Gasteiger partial charge in [-0.1, -0.05) is 23.8 Å². The van der Waals surface area contributed by atoms with Crippen LogP contribution in [-0.4, -0.2) is 24.6 Å². The van der Waals surface area contributed by atoms with Crippen LogP contribution in [0.25, 0.3) is 0 Å². The summed E-state index contributed by atoms with van der Waals surface area (Å²) in [5, 5.41) is 0. The molecule has 0 saturated carbocycles. The van der Waals surface area contributed by atoms with Gasteiger partial charge < -0.3 is 4.90 Å². The molecular formula is C13H20NS+. The molecule has 0 radical (unpaired) electrons. The fourth-order valence-corrected chi connectivity index (χ4v) is 3.17. The third kappa shape index (κ3) is 2.99. The van der Waals surface area contributed by atoms with E-state index in [-0.39, 0.29) is 0 Å². The molecule has 1 aromatic rings. The van der Waals surface area contributed by atoms with Crippen molar-refractivity contribution in [2.75, 3.05) is 24.6 Å². The average Bonchev–Trinajstić information content (AvgIpc) is 2.25. The number of nitrogens with one attached hydrogen (secondary N) is 1. The molecule has 2 rings (SSSR count). The van der Waals surface area contributed by atoms with Gasteiger partial charge in [-0.05, 0) is 19.4 Å². The second kappa shape index (κ2) is 5.04. The Labute approximate surface area is 96.9 Å². The highest BCUT2D eigenvalue weighted by atomic mass is 32.2. The molecule has 2 heteroatoms. The Morgan fingerprint density at radius 3 is 2.67 bits per heavy atom. The molecular weight excluding hydrogens is 202 g/mol. The van der Waals surface area contributed by atoms with Gasteiger partial charge in [0.15, 0.2) is 0 Å². The van der Waals surface area contributed by atoms with Gasteiger partial charge in [-0.15, -0.1) is 0 Å². The average molecular weight is 222 g/mol. The minimum absolute atomic E-state index is 1.22. The van der Waals surface area contributed by atoms with E-state index in [1.54, 1.807) is 4.90 Å². The number of hydrogen-bond donors (Lipinski definition) is 1. The summed E-state index contributed by atoms with van der Waals surface area (Å²) in [7, 11) is 0. The number of thioether (sulfide) groups is 1. The predicted molar refractivity (Wildman–Crippen MR) is 67.6 cm³/mol. The Balaban J connectivity index is 2.05. The highest BCUT2D eigenvalue weighted by molar-refractivity contribution is 7.99. The lowest BCUT2D eigenvalue weighted by Gasteiger charge is -2.24. The van der Waals surface area contributed by atoms with Crippen LogP contribution in [0.4, 0.5) is 0 Å². The molecule has 0 atom stereocenters. The van der Waals surface area contributed by atoms with E-state index in [0.717, 1.165) is 0 Å². The van der Waals surface area contributed by atoms with E-state index in [1.165, 1.54) is 47.8 Å². The molecule has 0 aromatic heterocycles. The lowest BCUT2D eigenvalue weighted by atomic mass is 10.1. The van der Waals surface area contributed by atoms with Gasteiger partial charge in [-0.25, -0.2) is 0 Å². The smallest absolute Gasteiger partial charge is 0.103 e. The second-order valence-corrected chi connectivity index (χ2v) is 5.69. The van der Waals surface area contributed by atoms with Crippen molar-refractivity contribution in [2.24, 2.45) is 0 Å². The maximum atomic E-state index is 2.35. The Kier molecular flexibility index (Phi) is 3.71. The molecule has 1 fully saturated rings. The minimum Gasteiger partial charge on any atom is -0.330 e. The van der Waals surface area contributed by atoms with Crippen LogP contribution in [0.2, 0.25) is 0 Å². The lowest BCUT2D eigenvalue weighted by Crippen LogP contribution is -3.12. The van der Waals surface area contributed by atoms with Crippen LogP contribution in [0.5, 0.6) is 0 Å². The van der Waals surface area contributed by atoms with Crippen molar-refractivity contribution in [2.45, 2.75) is 20.4 Å². The summed E-state index contributed by atoms with van der Waals surface area (Å²) in [5.74, 6) is 2.67. The van der Waals surface area contributed by atoms with E-state index < -0.39 is 0 Å². The monoisotopic (exact) mass is 222 g/mol. The van der Waals surface area contributed by atoms with Crippen molar-refractivity contribution < 1.29 is 4.90 Å². The Morgan fingerprint density at radius 1 is 1.20 bits per heavy atom. The summed E-state index contributed by atoms with van der Waals surface area (Å²) in [5.41, 5.74) is 4.38. The maximum Gasteiger partial charge on any atom is 0.103 e. The molecule has 1 aliphatic rings. The fourth-order valence-electron chi connectivity index (χ4n) is 2.10. The summed E-state index contributed by atoms with van der Waals surface area (Å²) in [6, 6.07) is 6.81. The topological polar surface area (TPSA) is 4.44 Å². The Bertz CT molecular complexity index is 329. The number of hydrogen-bond acceptors (Lipinski definition) is 1. The third-order valence-electron chi connectivity index (χ3n) is 3.14. The second-order valence-electron chi connectivity index (χ2n) is 4.47. The molecule has 0 unspecified atom stereocenters. The van der Waals surface area contributed by atoms with Crippen molar-refractivity contribution in [1.29, 1.82) is 0 Å². The first-order valence-corrected chi connectivity index (χ1v) is 6.88. The first-order chi connectivity index (χ1) is 7.25. The van der Waals surface area contributed by atoms with Crippen molar-refractivity contribution >= 4 is 11.8 Å². The summed E-state index contributed by atoms with van der Waals surface area (Å²) < 4.78 is 0. The molecule has 1 aliphatic heterocycles. The van der Waals surface area contributed by atoms with Crippen LogP contribution in [0, 0.1) is 13.8 Å². The number of rotatable bonds is 2. The molecule has 1 saturated heterocycles. The van der Waals surface area contributed by atoms with Crippen LogP contribution in [0.1, 0.15) is 16.7 Å². The molecule has 1 heterocycles. The zero-order chi connectivity index (χ0) is 10.7. The van der Waals surface area contributed by atoms with Crippen molar-refractivity contribution in [3.8, 4) is 0 Å². The van der Waals surface area contributed by atoms with Crippen LogP contribution in [-0.2, 0) is 6.54 Å². The molecule has 82 valence electrons. The molecule has 0 amide bonds. The first kappa shape index (κ1) is 11.0. The molecule has 1 nitrogen and oxygen atoms in total. The summed E-state index contributed by atoms with van der Waals surface area (Å²) >= 11 is 2.10. The summed E-state index contributed by atoms with van der Waals surface area (Å²) in [6.07, 6.45) is 0. The maximum absolute atomic E-state index is 2.35. The molecule has 0 spiro atoms. The van der Waals surface area contributed by atoms with E-state index in [1.807, 2.05) is 0 Å². The molecule has 1 N–H and O–H groups in total. The normalized spacial score (nSPS) is 18.0. The third-order valence-corrected chi connectivity index (χ3v) is 4.13. The first-order valence-electron chi connectivity index (χ1n) is 5.73. The molecule has 1 aromatic carbocycles.